The maximum absolute atomic E-state index is 7.29. The van der Waals surface area contributed by atoms with Crippen molar-refractivity contribution in [1.29, 1.82) is 5.41 Å². The third kappa shape index (κ3) is 3.46. The zero-order valence-electron chi connectivity index (χ0n) is 10.1. The van der Waals surface area contributed by atoms with Gasteiger partial charge in [-0.1, -0.05) is 0 Å². The lowest BCUT2D eigenvalue weighted by atomic mass is 9.96. The topological polar surface area (TPSA) is 56.4 Å². The smallest absolute Gasteiger partial charge is 0.105 e. The summed E-state index contributed by atoms with van der Waals surface area (Å²) in [6.45, 7) is 6.84. The van der Waals surface area contributed by atoms with Crippen LogP contribution in [-0.4, -0.2) is 54.9 Å². The van der Waals surface area contributed by atoms with Gasteiger partial charge < -0.3 is 10.6 Å². The van der Waals surface area contributed by atoms with Gasteiger partial charge in [0.15, 0.2) is 0 Å². The van der Waals surface area contributed by atoms with Crippen LogP contribution in [0.2, 0.25) is 0 Å². The zero-order chi connectivity index (χ0) is 11.4. The predicted octanol–water partition coefficient (Wildman–Crippen LogP) is 0.730. The highest BCUT2D eigenvalue weighted by Gasteiger charge is 2.22. The Hall–Kier alpha value is -0.610. The van der Waals surface area contributed by atoms with Crippen molar-refractivity contribution in [2.24, 2.45) is 11.7 Å². The van der Waals surface area contributed by atoms with E-state index in [1.165, 1.54) is 45.3 Å². The first kappa shape index (κ1) is 11.9. The van der Waals surface area contributed by atoms with Gasteiger partial charge in [-0.2, -0.15) is 0 Å². The highest BCUT2D eigenvalue weighted by Crippen LogP contribution is 2.20. The molecular weight excluding hydrogens is 200 g/mol. The van der Waals surface area contributed by atoms with E-state index in [1.54, 1.807) is 0 Å². The van der Waals surface area contributed by atoms with Crippen LogP contribution in [0.15, 0.2) is 0 Å². The fourth-order valence-electron chi connectivity index (χ4n) is 2.90. The molecule has 0 atom stereocenters. The molecule has 0 aromatic heterocycles. The molecule has 4 heteroatoms. The van der Waals surface area contributed by atoms with Crippen LogP contribution in [0.25, 0.3) is 0 Å². The van der Waals surface area contributed by atoms with Crippen LogP contribution < -0.4 is 5.73 Å². The summed E-state index contributed by atoms with van der Waals surface area (Å²) in [4.78, 5) is 4.92. The fourth-order valence-corrected chi connectivity index (χ4v) is 2.90. The van der Waals surface area contributed by atoms with E-state index in [-0.39, 0.29) is 0 Å². The monoisotopic (exact) mass is 224 g/mol. The summed E-state index contributed by atoms with van der Waals surface area (Å²) in [7, 11) is 0. The molecular formula is C12H24N4. The Morgan fingerprint density at radius 2 is 1.69 bits per heavy atom. The summed E-state index contributed by atoms with van der Waals surface area (Å²) >= 11 is 0. The number of nitrogens with zero attached hydrogens (tertiary/aromatic N) is 2. The Labute approximate surface area is 98.3 Å². The molecule has 0 saturated carbocycles. The van der Waals surface area contributed by atoms with Crippen LogP contribution in [-0.2, 0) is 0 Å². The minimum atomic E-state index is 0.304. The second-order valence-electron chi connectivity index (χ2n) is 5.25. The normalized spacial score (nSPS) is 25.0. The standard InChI is InChI=1S/C12H24N4/c13-12(14)10-16-7-3-11(4-8-16)9-15-5-1-2-6-15/h11H,1-10H2,(H3,13,14). The van der Waals surface area contributed by atoms with Gasteiger partial charge in [-0.15, -0.1) is 0 Å². The summed E-state index contributed by atoms with van der Waals surface area (Å²) in [6, 6.07) is 0. The van der Waals surface area contributed by atoms with Crippen molar-refractivity contribution < 1.29 is 0 Å². The molecule has 0 spiro atoms. The average molecular weight is 224 g/mol. The number of piperidine rings is 1. The van der Waals surface area contributed by atoms with Gasteiger partial charge in [-0.25, -0.2) is 0 Å². The van der Waals surface area contributed by atoms with Crippen LogP contribution in [0.1, 0.15) is 25.7 Å². The summed E-state index contributed by atoms with van der Waals surface area (Å²) in [5, 5.41) is 7.29. The summed E-state index contributed by atoms with van der Waals surface area (Å²) in [6.07, 6.45) is 5.35. The van der Waals surface area contributed by atoms with Gasteiger partial charge in [-0.05, 0) is 57.8 Å². The first-order valence-corrected chi connectivity index (χ1v) is 6.51. The van der Waals surface area contributed by atoms with Gasteiger partial charge in [0, 0.05) is 6.54 Å². The van der Waals surface area contributed by atoms with Crippen molar-refractivity contribution in [2.75, 3.05) is 39.3 Å². The van der Waals surface area contributed by atoms with Crippen LogP contribution in [0.5, 0.6) is 0 Å². The lowest BCUT2D eigenvalue weighted by molar-refractivity contribution is 0.167. The van der Waals surface area contributed by atoms with E-state index in [2.05, 4.69) is 9.80 Å². The zero-order valence-corrected chi connectivity index (χ0v) is 10.1. The minimum Gasteiger partial charge on any atom is -0.387 e. The Kier molecular flexibility index (Phi) is 4.18. The van der Waals surface area contributed by atoms with Crippen molar-refractivity contribution in [1.82, 2.24) is 9.80 Å². The van der Waals surface area contributed by atoms with Gasteiger partial charge >= 0.3 is 0 Å². The van der Waals surface area contributed by atoms with Crippen LogP contribution in [0.3, 0.4) is 0 Å². The highest BCUT2D eigenvalue weighted by atomic mass is 15.2. The molecule has 0 aliphatic carbocycles. The molecule has 16 heavy (non-hydrogen) atoms. The first-order valence-electron chi connectivity index (χ1n) is 6.51. The average Bonchev–Trinajstić information content (AvgIpc) is 2.73. The molecule has 0 bridgehead atoms. The van der Waals surface area contributed by atoms with Crippen molar-refractivity contribution in [2.45, 2.75) is 25.7 Å². The van der Waals surface area contributed by atoms with Crippen molar-refractivity contribution in [3.63, 3.8) is 0 Å². The summed E-state index contributed by atoms with van der Waals surface area (Å²) < 4.78 is 0. The number of hydrogen-bond donors (Lipinski definition) is 2. The lowest BCUT2D eigenvalue weighted by Gasteiger charge is -2.33. The van der Waals surface area contributed by atoms with Crippen molar-refractivity contribution in [3.05, 3.63) is 0 Å². The quantitative estimate of drug-likeness (QED) is 0.547. The summed E-state index contributed by atoms with van der Waals surface area (Å²) in [5.74, 6) is 1.18. The molecule has 3 N–H and O–H groups in total. The van der Waals surface area contributed by atoms with E-state index in [0.717, 1.165) is 19.0 Å². The lowest BCUT2D eigenvalue weighted by Crippen LogP contribution is -2.41. The molecule has 92 valence electrons. The number of amidine groups is 1. The Morgan fingerprint density at radius 1 is 1.06 bits per heavy atom. The van der Waals surface area contributed by atoms with E-state index in [0.29, 0.717) is 12.4 Å². The molecule has 2 aliphatic heterocycles. The van der Waals surface area contributed by atoms with E-state index >= 15 is 0 Å². The molecule has 2 heterocycles. The number of nitrogens with one attached hydrogen (secondary N) is 1. The van der Waals surface area contributed by atoms with E-state index < -0.39 is 0 Å². The van der Waals surface area contributed by atoms with Gasteiger partial charge in [0.1, 0.15) is 5.84 Å². The molecule has 2 fully saturated rings. The molecule has 0 amide bonds. The van der Waals surface area contributed by atoms with Crippen molar-refractivity contribution >= 4 is 5.84 Å². The number of nitrogens with two attached hydrogens (primary N) is 1. The summed E-state index contributed by atoms with van der Waals surface area (Å²) in [5.41, 5.74) is 5.42. The maximum Gasteiger partial charge on any atom is 0.105 e. The van der Waals surface area contributed by atoms with Gasteiger partial charge in [-0.3, -0.25) is 10.3 Å². The second kappa shape index (κ2) is 5.64. The SMILES string of the molecule is N=C(N)CN1CCC(CN2CCCC2)CC1. The molecule has 4 nitrogen and oxygen atoms in total. The molecule has 2 rings (SSSR count). The third-order valence-electron chi connectivity index (χ3n) is 3.82. The molecule has 2 aliphatic rings. The van der Waals surface area contributed by atoms with E-state index in [9.17, 15) is 0 Å². The van der Waals surface area contributed by atoms with Crippen LogP contribution in [0, 0.1) is 11.3 Å². The number of rotatable bonds is 4. The van der Waals surface area contributed by atoms with Gasteiger partial charge in [0.2, 0.25) is 0 Å². The Morgan fingerprint density at radius 3 is 2.25 bits per heavy atom. The second-order valence-corrected chi connectivity index (χ2v) is 5.25. The molecule has 2 saturated heterocycles. The Bertz CT molecular complexity index is 227. The molecule has 0 radical (unpaired) electrons. The largest absolute Gasteiger partial charge is 0.387 e. The molecule has 0 aromatic carbocycles. The first-order chi connectivity index (χ1) is 7.74. The van der Waals surface area contributed by atoms with Crippen LogP contribution in [0.4, 0.5) is 0 Å². The molecule has 0 aromatic rings. The maximum atomic E-state index is 7.29. The third-order valence-corrected chi connectivity index (χ3v) is 3.82. The minimum absolute atomic E-state index is 0.304. The highest BCUT2D eigenvalue weighted by molar-refractivity contribution is 5.78. The number of likely N-dealkylation sites (tertiary alicyclic amines) is 2. The fraction of sp³-hybridized carbons (Fsp3) is 0.917. The Balaban J connectivity index is 1.66. The number of hydrogen-bond acceptors (Lipinski definition) is 3. The van der Waals surface area contributed by atoms with E-state index in [1.807, 2.05) is 0 Å². The molecule has 0 unspecified atom stereocenters. The van der Waals surface area contributed by atoms with Gasteiger partial charge in [0.05, 0.1) is 6.54 Å². The van der Waals surface area contributed by atoms with Crippen molar-refractivity contribution in [3.8, 4) is 0 Å². The predicted molar refractivity (Wildman–Crippen MR) is 66.8 cm³/mol. The van der Waals surface area contributed by atoms with Crippen LogP contribution >= 0.6 is 0 Å². The van der Waals surface area contributed by atoms with Gasteiger partial charge in [0.25, 0.3) is 0 Å². The van der Waals surface area contributed by atoms with E-state index in [4.69, 9.17) is 11.1 Å².